The van der Waals surface area contributed by atoms with Crippen molar-refractivity contribution in [2.75, 3.05) is 18.2 Å². The molecule has 164 valence electrons. The fourth-order valence-electron chi connectivity index (χ4n) is 3.36. The van der Waals surface area contributed by atoms with Crippen LogP contribution in [0, 0.1) is 13.8 Å². The number of anilines is 1. The van der Waals surface area contributed by atoms with E-state index in [9.17, 15) is 4.79 Å². The molecular formula is C23H24N6O2S. The second kappa shape index (κ2) is 9.27. The smallest absolute Gasteiger partial charge is 0.234 e. The van der Waals surface area contributed by atoms with E-state index in [0.717, 1.165) is 34.1 Å². The quantitative estimate of drug-likeness (QED) is 0.430. The number of carbonyl (C=O) groups excluding carboxylic acids is 1. The van der Waals surface area contributed by atoms with Gasteiger partial charge in [-0.1, -0.05) is 30.0 Å². The van der Waals surface area contributed by atoms with Crippen LogP contribution in [0.15, 0.2) is 59.8 Å². The van der Waals surface area contributed by atoms with Crippen molar-refractivity contribution in [3.63, 3.8) is 0 Å². The largest absolute Gasteiger partial charge is 0.497 e. The average molecular weight is 449 g/mol. The van der Waals surface area contributed by atoms with Crippen LogP contribution in [0.3, 0.4) is 0 Å². The number of thioether (sulfide) groups is 1. The molecule has 9 heteroatoms. The molecule has 1 amide bonds. The summed E-state index contributed by atoms with van der Waals surface area (Å²) in [4.78, 5) is 12.7. The summed E-state index contributed by atoms with van der Waals surface area (Å²) >= 11 is 1.34. The molecule has 0 aliphatic carbocycles. The maximum atomic E-state index is 12.7. The monoisotopic (exact) mass is 448 g/mol. The van der Waals surface area contributed by atoms with Gasteiger partial charge < -0.3 is 10.1 Å². The fourth-order valence-corrected chi connectivity index (χ4v) is 4.11. The molecule has 0 saturated heterocycles. The Balaban J connectivity index is 1.59. The zero-order chi connectivity index (χ0) is 22.7. The lowest BCUT2D eigenvalue weighted by Gasteiger charge is -2.11. The minimum atomic E-state index is -0.122. The number of hydrogen-bond acceptors (Lipinski definition) is 6. The summed E-state index contributed by atoms with van der Waals surface area (Å²) in [6.45, 7) is 3.80. The Labute approximate surface area is 190 Å². The summed E-state index contributed by atoms with van der Waals surface area (Å²) in [6.07, 6.45) is 0. The van der Waals surface area contributed by atoms with E-state index >= 15 is 0 Å². The van der Waals surface area contributed by atoms with Crippen LogP contribution >= 0.6 is 11.8 Å². The Kier molecular flexibility index (Phi) is 6.27. The number of amides is 1. The molecule has 32 heavy (non-hydrogen) atoms. The summed E-state index contributed by atoms with van der Waals surface area (Å²) in [5.41, 5.74) is 4.28. The van der Waals surface area contributed by atoms with Gasteiger partial charge in [0, 0.05) is 18.3 Å². The Morgan fingerprint density at radius 1 is 1.06 bits per heavy atom. The van der Waals surface area contributed by atoms with Gasteiger partial charge in [-0.05, 0) is 50.2 Å². The molecule has 0 unspecified atom stereocenters. The van der Waals surface area contributed by atoms with E-state index in [1.807, 2.05) is 80.1 Å². The predicted molar refractivity (Wildman–Crippen MR) is 125 cm³/mol. The number of hydrogen-bond donors (Lipinski definition) is 1. The molecule has 2 aromatic carbocycles. The lowest BCUT2D eigenvalue weighted by atomic mass is 10.2. The minimum absolute atomic E-state index is 0.122. The third kappa shape index (κ3) is 4.38. The SMILES string of the molecule is COc1ccc(-c2nnc(SCC(=O)Nc3c(C)nn(C)c3C)n2-c2ccccc2)cc1. The van der Waals surface area contributed by atoms with E-state index in [1.54, 1.807) is 11.8 Å². The highest BCUT2D eigenvalue weighted by atomic mass is 32.2. The summed E-state index contributed by atoms with van der Waals surface area (Å²) in [5, 5.41) is 16.7. The topological polar surface area (TPSA) is 86.9 Å². The van der Waals surface area contributed by atoms with Gasteiger partial charge in [0.1, 0.15) is 5.75 Å². The van der Waals surface area contributed by atoms with Crippen LogP contribution in [-0.2, 0) is 11.8 Å². The standard InChI is InChI=1S/C23H24N6O2S/c1-15-21(16(2)28(3)27-15)24-20(30)14-32-23-26-25-22(17-10-12-19(31-4)13-11-17)29(23)18-8-6-5-7-9-18/h5-13H,14H2,1-4H3,(H,24,30). The van der Waals surface area contributed by atoms with Crippen LogP contribution in [-0.4, -0.2) is 43.3 Å². The number of nitrogens with zero attached hydrogens (tertiary/aromatic N) is 5. The van der Waals surface area contributed by atoms with E-state index in [4.69, 9.17) is 4.74 Å². The first kappa shape index (κ1) is 21.6. The van der Waals surface area contributed by atoms with Gasteiger partial charge in [-0.15, -0.1) is 10.2 Å². The molecule has 2 heterocycles. The van der Waals surface area contributed by atoms with E-state index in [2.05, 4.69) is 20.6 Å². The van der Waals surface area contributed by atoms with E-state index in [1.165, 1.54) is 11.8 Å². The second-order valence-corrected chi connectivity index (χ2v) is 8.15. The van der Waals surface area contributed by atoms with Crippen molar-refractivity contribution in [1.82, 2.24) is 24.5 Å². The van der Waals surface area contributed by atoms with Gasteiger partial charge in [0.25, 0.3) is 0 Å². The number of ether oxygens (including phenoxy) is 1. The van der Waals surface area contributed by atoms with Crippen molar-refractivity contribution in [1.29, 1.82) is 0 Å². The number of rotatable bonds is 7. The Morgan fingerprint density at radius 3 is 2.41 bits per heavy atom. The van der Waals surface area contributed by atoms with Crippen molar-refractivity contribution >= 4 is 23.4 Å². The van der Waals surface area contributed by atoms with Gasteiger partial charge in [-0.25, -0.2) is 0 Å². The highest BCUT2D eigenvalue weighted by molar-refractivity contribution is 7.99. The van der Waals surface area contributed by atoms with Crippen LogP contribution in [0.1, 0.15) is 11.4 Å². The molecular weight excluding hydrogens is 424 g/mol. The predicted octanol–water partition coefficient (Wildman–Crippen LogP) is 4.02. The van der Waals surface area contributed by atoms with Crippen molar-refractivity contribution in [2.24, 2.45) is 7.05 Å². The van der Waals surface area contributed by atoms with Gasteiger partial charge >= 0.3 is 0 Å². The Morgan fingerprint density at radius 2 is 1.78 bits per heavy atom. The molecule has 4 aromatic rings. The lowest BCUT2D eigenvalue weighted by Crippen LogP contribution is -2.15. The fraction of sp³-hybridized carbons (Fsp3) is 0.217. The van der Waals surface area contributed by atoms with E-state index in [-0.39, 0.29) is 11.7 Å². The molecule has 0 spiro atoms. The maximum Gasteiger partial charge on any atom is 0.234 e. The average Bonchev–Trinajstić information content (AvgIpc) is 3.34. The van der Waals surface area contributed by atoms with E-state index in [0.29, 0.717) is 11.0 Å². The molecule has 2 aromatic heterocycles. The van der Waals surface area contributed by atoms with Crippen molar-refractivity contribution in [3.05, 3.63) is 66.0 Å². The normalized spacial score (nSPS) is 10.9. The zero-order valence-corrected chi connectivity index (χ0v) is 19.2. The molecule has 0 saturated carbocycles. The lowest BCUT2D eigenvalue weighted by molar-refractivity contribution is -0.113. The number of aryl methyl sites for hydroxylation is 2. The minimum Gasteiger partial charge on any atom is -0.497 e. The number of para-hydroxylation sites is 1. The van der Waals surface area contributed by atoms with Gasteiger partial charge in [0.05, 0.1) is 29.9 Å². The van der Waals surface area contributed by atoms with Gasteiger partial charge in [0.15, 0.2) is 11.0 Å². The highest BCUT2D eigenvalue weighted by Gasteiger charge is 2.18. The molecule has 0 atom stereocenters. The molecule has 0 aliphatic heterocycles. The third-order valence-electron chi connectivity index (χ3n) is 5.10. The number of benzene rings is 2. The molecule has 0 fully saturated rings. The highest BCUT2D eigenvalue weighted by Crippen LogP contribution is 2.29. The molecule has 0 bridgehead atoms. The maximum absolute atomic E-state index is 12.7. The zero-order valence-electron chi connectivity index (χ0n) is 18.4. The molecule has 0 aliphatic rings. The van der Waals surface area contributed by atoms with Crippen molar-refractivity contribution in [3.8, 4) is 22.8 Å². The van der Waals surface area contributed by atoms with Gasteiger partial charge in [0.2, 0.25) is 5.91 Å². The van der Waals surface area contributed by atoms with Crippen molar-refractivity contribution < 1.29 is 9.53 Å². The molecule has 8 nitrogen and oxygen atoms in total. The first-order valence-electron chi connectivity index (χ1n) is 10.1. The van der Waals surface area contributed by atoms with Crippen LogP contribution in [0.25, 0.3) is 17.1 Å². The van der Waals surface area contributed by atoms with Crippen LogP contribution < -0.4 is 10.1 Å². The summed E-state index contributed by atoms with van der Waals surface area (Å²) < 4.78 is 8.97. The van der Waals surface area contributed by atoms with E-state index < -0.39 is 0 Å². The number of methoxy groups -OCH3 is 1. The summed E-state index contributed by atoms with van der Waals surface area (Å²) in [5.74, 6) is 1.54. The molecule has 4 rings (SSSR count). The van der Waals surface area contributed by atoms with Crippen molar-refractivity contribution in [2.45, 2.75) is 19.0 Å². The first-order chi connectivity index (χ1) is 15.5. The van der Waals surface area contributed by atoms with Gasteiger partial charge in [-0.2, -0.15) is 5.10 Å². The van der Waals surface area contributed by atoms with Crippen LogP contribution in [0.2, 0.25) is 0 Å². The number of carbonyl (C=O) groups is 1. The first-order valence-corrected chi connectivity index (χ1v) is 11.0. The van der Waals surface area contributed by atoms with Gasteiger partial charge in [-0.3, -0.25) is 14.0 Å². The third-order valence-corrected chi connectivity index (χ3v) is 6.03. The number of nitrogens with one attached hydrogen (secondary N) is 1. The Bertz CT molecular complexity index is 1230. The second-order valence-electron chi connectivity index (χ2n) is 7.21. The molecule has 1 N–H and O–H groups in total. The number of aromatic nitrogens is 5. The summed E-state index contributed by atoms with van der Waals surface area (Å²) in [6, 6.07) is 17.5. The van der Waals surface area contributed by atoms with Crippen LogP contribution in [0.5, 0.6) is 5.75 Å². The summed E-state index contributed by atoms with van der Waals surface area (Å²) in [7, 11) is 3.49. The Hall–Kier alpha value is -3.59. The molecule has 0 radical (unpaired) electrons. The van der Waals surface area contributed by atoms with Crippen LogP contribution in [0.4, 0.5) is 5.69 Å².